The summed E-state index contributed by atoms with van der Waals surface area (Å²) >= 11 is 1.62. The number of ketones is 1. The van der Waals surface area contributed by atoms with Crippen LogP contribution >= 0.6 is 11.8 Å². The minimum absolute atomic E-state index is 0.273. The Morgan fingerprint density at radius 1 is 1.00 bits per heavy atom. The molecule has 0 aromatic heterocycles. The van der Waals surface area contributed by atoms with E-state index in [1.807, 2.05) is 30.3 Å². The quantitative estimate of drug-likeness (QED) is 0.757. The van der Waals surface area contributed by atoms with Gasteiger partial charge in [-0.25, -0.2) is 0 Å². The molecule has 0 aliphatic heterocycles. The van der Waals surface area contributed by atoms with Crippen LogP contribution in [0.1, 0.15) is 16.7 Å². The molecule has 2 aromatic carbocycles. The number of carbonyl (C=O) groups excluding carboxylic acids is 1. The van der Waals surface area contributed by atoms with E-state index in [0.717, 1.165) is 5.56 Å². The number of Topliss-reactive ketones (excluding diaryl/α,β-unsaturated/α-hetero) is 1. The van der Waals surface area contributed by atoms with Gasteiger partial charge in [-0.2, -0.15) is 0 Å². The average Bonchev–Trinajstić information content (AvgIpc) is 2.41. The molecule has 0 N–H and O–H groups in total. The number of rotatable bonds is 5. The van der Waals surface area contributed by atoms with Gasteiger partial charge in [0.2, 0.25) is 0 Å². The summed E-state index contributed by atoms with van der Waals surface area (Å²) in [4.78, 5) is 13.1. The van der Waals surface area contributed by atoms with Gasteiger partial charge < -0.3 is 0 Å². The van der Waals surface area contributed by atoms with Gasteiger partial charge in [-0.15, -0.1) is 11.8 Å². The molecule has 19 heavy (non-hydrogen) atoms. The van der Waals surface area contributed by atoms with Gasteiger partial charge in [-0.3, -0.25) is 4.79 Å². The largest absolute Gasteiger partial charge is 0.298 e. The van der Waals surface area contributed by atoms with Crippen molar-refractivity contribution in [3.8, 4) is 0 Å². The summed E-state index contributed by atoms with van der Waals surface area (Å²) in [6, 6.07) is 16.3. The number of aryl methyl sites for hydroxylation is 2. The van der Waals surface area contributed by atoms with Gasteiger partial charge in [0.25, 0.3) is 0 Å². The van der Waals surface area contributed by atoms with E-state index in [9.17, 15) is 4.79 Å². The van der Waals surface area contributed by atoms with E-state index in [1.165, 1.54) is 16.0 Å². The normalized spacial score (nSPS) is 10.4. The molecule has 0 aliphatic carbocycles. The van der Waals surface area contributed by atoms with Gasteiger partial charge in [0.15, 0.2) is 0 Å². The third kappa shape index (κ3) is 4.25. The van der Waals surface area contributed by atoms with Crippen molar-refractivity contribution in [3.05, 3.63) is 65.2 Å². The summed E-state index contributed by atoms with van der Waals surface area (Å²) in [7, 11) is 0. The molecule has 0 heterocycles. The lowest BCUT2D eigenvalue weighted by Crippen LogP contribution is -2.05. The monoisotopic (exact) mass is 270 g/mol. The first-order valence-corrected chi connectivity index (χ1v) is 7.39. The predicted octanol–water partition coefficient (Wildman–Crippen LogP) is 4.21. The van der Waals surface area contributed by atoms with Crippen molar-refractivity contribution in [2.45, 2.75) is 25.2 Å². The van der Waals surface area contributed by atoms with E-state index >= 15 is 0 Å². The molecule has 98 valence electrons. The first-order valence-electron chi connectivity index (χ1n) is 6.41. The zero-order valence-electron chi connectivity index (χ0n) is 11.3. The van der Waals surface area contributed by atoms with Crippen molar-refractivity contribution in [2.24, 2.45) is 0 Å². The highest BCUT2D eigenvalue weighted by atomic mass is 32.2. The summed E-state index contributed by atoms with van der Waals surface area (Å²) in [5.74, 6) is 0.812. The molecule has 2 heteroatoms. The van der Waals surface area contributed by atoms with Crippen LogP contribution in [-0.4, -0.2) is 11.5 Å². The SMILES string of the molecule is Cc1ccc(SCC(=O)Cc2ccccc2)cc1C. The van der Waals surface area contributed by atoms with E-state index in [2.05, 4.69) is 32.0 Å². The maximum absolute atomic E-state index is 11.9. The van der Waals surface area contributed by atoms with Crippen molar-refractivity contribution in [1.29, 1.82) is 0 Å². The van der Waals surface area contributed by atoms with Crippen molar-refractivity contribution in [2.75, 3.05) is 5.75 Å². The molecule has 0 saturated carbocycles. The number of carbonyl (C=O) groups is 1. The molecule has 0 bridgehead atoms. The second-order valence-electron chi connectivity index (χ2n) is 4.74. The first-order chi connectivity index (χ1) is 9.15. The van der Waals surface area contributed by atoms with Crippen molar-refractivity contribution in [1.82, 2.24) is 0 Å². The third-order valence-electron chi connectivity index (χ3n) is 3.12. The minimum Gasteiger partial charge on any atom is -0.298 e. The second-order valence-corrected chi connectivity index (χ2v) is 5.78. The molecule has 0 amide bonds. The van der Waals surface area contributed by atoms with Gasteiger partial charge in [0.05, 0.1) is 5.75 Å². The lowest BCUT2D eigenvalue weighted by atomic mass is 10.1. The molecule has 1 nitrogen and oxygen atoms in total. The van der Waals surface area contributed by atoms with E-state index in [1.54, 1.807) is 11.8 Å². The molecule has 0 radical (unpaired) electrons. The molecule has 0 fully saturated rings. The summed E-state index contributed by atoms with van der Waals surface area (Å²) < 4.78 is 0. The molecular formula is C17H18OS. The maximum Gasteiger partial charge on any atom is 0.147 e. The van der Waals surface area contributed by atoms with Crippen LogP contribution in [0, 0.1) is 13.8 Å². The molecule has 0 spiro atoms. The van der Waals surface area contributed by atoms with Crippen LogP contribution in [0.3, 0.4) is 0 Å². The van der Waals surface area contributed by atoms with Crippen LogP contribution < -0.4 is 0 Å². The van der Waals surface area contributed by atoms with Crippen LogP contribution in [0.4, 0.5) is 0 Å². The van der Waals surface area contributed by atoms with Crippen molar-refractivity contribution < 1.29 is 4.79 Å². The predicted molar refractivity (Wildman–Crippen MR) is 81.8 cm³/mol. The lowest BCUT2D eigenvalue weighted by molar-refractivity contribution is -0.116. The second kappa shape index (κ2) is 6.58. The number of hydrogen-bond acceptors (Lipinski definition) is 2. The molecule has 0 aliphatic rings. The molecular weight excluding hydrogens is 252 g/mol. The van der Waals surface area contributed by atoms with Crippen LogP contribution in [-0.2, 0) is 11.2 Å². The average molecular weight is 270 g/mol. The van der Waals surface area contributed by atoms with Gasteiger partial charge in [0, 0.05) is 11.3 Å². The van der Waals surface area contributed by atoms with Crippen molar-refractivity contribution in [3.63, 3.8) is 0 Å². The molecule has 0 atom stereocenters. The van der Waals surface area contributed by atoms with Crippen molar-refractivity contribution >= 4 is 17.5 Å². The fourth-order valence-corrected chi connectivity index (χ4v) is 2.70. The van der Waals surface area contributed by atoms with Gasteiger partial charge in [-0.05, 0) is 42.7 Å². The van der Waals surface area contributed by atoms with Crippen LogP contribution in [0.25, 0.3) is 0 Å². The van der Waals surface area contributed by atoms with E-state index in [-0.39, 0.29) is 5.78 Å². The van der Waals surface area contributed by atoms with Crippen LogP contribution in [0.15, 0.2) is 53.4 Å². The standard InChI is InChI=1S/C17H18OS/c1-13-8-9-17(10-14(13)2)19-12-16(18)11-15-6-4-3-5-7-15/h3-10H,11-12H2,1-2H3. The summed E-state index contributed by atoms with van der Waals surface area (Å²) in [6.07, 6.45) is 0.526. The summed E-state index contributed by atoms with van der Waals surface area (Å²) in [6.45, 7) is 4.20. The maximum atomic E-state index is 11.9. The third-order valence-corrected chi connectivity index (χ3v) is 4.18. The van der Waals surface area contributed by atoms with Gasteiger partial charge >= 0.3 is 0 Å². The summed E-state index contributed by atoms with van der Waals surface area (Å²) in [5.41, 5.74) is 3.66. The zero-order chi connectivity index (χ0) is 13.7. The Labute approximate surface area is 119 Å². The number of hydrogen-bond donors (Lipinski definition) is 0. The van der Waals surface area contributed by atoms with E-state index in [0.29, 0.717) is 12.2 Å². The van der Waals surface area contributed by atoms with E-state index in [4.69, 9.17) is 0 Å². The molecule has 0 unspecified atom stereocenters. The smallest absolute Gasteiger partial charge is 0.147 e. The Kier molecular flexibility index (Phi) is 4.80. The Morgan fingerprint density at radius 2 is 1.74 bits per heavy atom. The Morgan fingerprint density at radius 3 is 2.42 bits per heavy atom. The highest BCUT2D eigenvalue weighted by Crippen LogP contribution is 2.21. The van der Waals surface area contributed by atoms with E-state index < -0.39 is 0 Å². The Bertz CT molecular complexity index is 561. The fraction of sp³-hybridized carbons (Fsp3) is 0.235. The minimum atomic E-state index is 0.273. The Hall–Kier alpha value is -1.54. The molecule has 0 saturated heterocycles. The van der Waals surface area contributed by atoms with Crippen LogP contribution in [0.5, 0.6) is 0 Å². The van der Waals surface area contributed by atoms with Crippen LogP contribution in [0.2, 0.25) is 0 Å². The Balaban J connectivity index is 1.88. The lowest BCUT2D eigenvalue weighted by Gasteiger charge is -2.05. The zero-order valence-corrected chi connectivity index (χ0v) is 12.2. The number of benzene rings is 2. The van der Waals surface area contributed by atoms with Gasteiger partial charge in [-0.1, -0.05) is 36.4 Å². The molecule has 2 rings (SSSR count). The van der Waals surface area contributed by atoms with Gasteiger partial charge in [0.1, 0.15) is 5.78 Å². The molecule has 2 aromatic rings. The highest BCUT2D eigenvalue weighted by molar-refractivity contribution is 8.00. The highest BCUT2D eigenvalue weighted by Gasteiger charge is 2.05. The topological polar surface area (TPSA) is 17.1 Å². The fourth-order valence-electron chi connectivity index (χ4n) is 1.84. The number of thioether (sulfide) groups is 1. The first kappa shape index (κ1) is 13.9. The summed E-state index contributed by atoms with van der Waals surface area (Å²) in [5, 5.41) is 0.